The van der Waals surface area contributed by atoms with Gasteiger partial charge < -0.3 is 14.6 Å². The number of nitrogens with zero attached hydrogens (tertiary/aromatic N) is 3. The molecule has 2 aliphatic rings. The van der Waals surface area contributed by atoms with Crippen molar-refractivity contribution in [1.82, 2.24) is 20.4 Å². The molecule has 0 aliphatic carbocycles. The van der Waals surface area contributed by atoms with Crippen molar-refractivity contribution >= 4 is 5.91 Å². The molecule has 138 valence electrons. The molecule has 7 heteroatoms. The fourth-order valence-corrected chi connectivity index (χ4v) is 3.99. The first-order valence-electron chi connectivity index (χ1n) is 9.11. The van der Waals surface area contributed by atoms with E-state index in [1.165, 1.54) is 0 Å². The van der Waals surface area contributed by atoms with Crippen molar-refractivity contribution in [3.8, 4) is 0 Å². The van der Waals surface area contributed by atoms with Gasteiger partial charge in [-0.25, -0.2) is 0 Å². The van der Waals surface area contributed by atoms with Gasteiger partial charge in [-0.15, -0.1) is 0 Å². The van der Waals surface area contributed by atoms with E-state index in [4.69, 9.17) is 9.26 Å². The van der Waals surface area contributed by atoms with E-state index in [0.717, 1.165) is 50.4 Å². The van der Waals surface area contributed by atoms with Crippen LogP contribution >= 0.6 is 0 Å². The van der Waals surface area contributed by atoms with Crippen LogP contribution in [0.1, 0.15) is 41.1 Å². The Morgan fingerprint density at radius 1 is 1.42 bits per heavy atom. The normalized spacial score (nSPS) is 26.3. The highest BCUT2D eigenvalue weighted by atomic mass is 16.5. The van der Waals surface area contributed by atoms with Gasteiger partial charge in [-0.1, -0.05) is 5.16 Å². The number of rotatable bonds is 4. The van der Waals surface area contributed by atoms with Crippen molar-refractivity contribution in [3.05, 3.63) is 47.6 Å². The smallest absolute Gasteiger partial charge is 0.251 e. The van der Waals surface area contributed by atoms with Gasteiger partial charge in [0.15, 0.2) is 0 Å². The highest BCUT2D eigenvalue weighted by Crippen LogP contribution is 2.35. The number of likely N-dealkylation sites (tertiary alicyclic amines) is 1. The second-order valence-corrected chi connectivity index (χ2v) is 7.32. The molecular weight excluding hydrogens is 332 g/mol. The maximum atomic E-state index is 12.4. The third-order valence-electron chi connectivity index (χ3n) is 5.23. The van der Waals surface area contributed by atoms with Gasteiger partial charge in [0, 0.05) is 56.3 Å². The lowest BCUT2D eigenvalue weighted by Crippen LogP contribution is -2.49. The number of ether oxygens (including phenoxy) is 1. The second-order valence-electron chi connectivity index (χ2n) is 7.32. The minimum atomic E-state index is -0.173. The zero-order chi connectivity index (χ0) is 18.0. The average molecular weight is 356 g/mol. The van der Waals surface area contributed by atoms with Gasteiger partial charge in [0.2, 0.25) is 0 Å². The molecule has 0 saturated carbocycles. The number of carbonyl (C=O) groups is 1. The van der Waals surface area contributed by atoms with Gasteiger partial charge in [-0.3, -0.25) is 14.7 Å². The highest BCUT2D eigenvalue weighted by molar-refractivity contribution is 5.94. The summed E-state index contributed by atoms with van der Waals surface area (Å²) in [6, 6.07) is 5.59. The molecule has 2 atom stereocenters. The Morgan fingerprint density at radius 3 is 3.04 bits per heavy atom. The van der Waals surface area contributed by atoms with Crippen molar-refractivity contribution < 1.29 is 14.1 Å². The molecule has 0 radical (unpaired) electrons. The SMILES string of the molecule is Cc1cc(CN2CC[C@]3(C[C@@H](NC(=O)c4ccncc4)CCO3)C2)no1. The van der Waals surface area contributed by atoms with Gasteiger partial charge in [-0.2, -0.15) is 0 Å². The number of hydrogen-bond donors (Lipinski definition) is 1. The topological polar surface area (TPSA) is 80.5 Å². The first-order valence-corrected chi connectivity index (χ1v) is 9.11. The molecule has 26 heavy (non-hydrogen) atoms. The summed E-state index contributed by atoms with van der Waals surface area (Å²) in [5.74, 6) is 0.795. The average Bonchev–Trinajstić information content (AvgIpc) is 3.22. The second kappa shape index (κ2) is 7.17. The minimum Gasteiger partial charge on any atom is -0.373 e. The maximum Gasteiger partial charge on any atom is 0.251 e. The molecule has 2 aromatic heterocycles. The first kappa shape index (κ1) is 17.2. The van der Waals surface area contributed by atoms with E-state index in [1.807, 2.05) is 13.0 Å². The summed E-state index contributed by atoms with van der Waals surface area (Å²) < 4.78 is 11.3. The van der Waals surface area contributed by atoms with Crippen LogP contribution in [0.5, 0.6) is 0 Å². The van der Waals surface area contributed by atoms with Crippen LogP contribution in [0.15, 0.2) is 35.1 Å². The van der Waals surface area contributed by atoms with Crippen molar-refractivity contribution in [3.63, 3.8) is 0 Å². The molecular formula is C19H24N4O3. The van der Waals surface area contributed by atoms with Crippen LogP contribution in [0.25, 0.3) is 0 Å². The predicted octanol–water partition coefficient (Wildman–Crippen LogP) is 1.93. The highest BCUT2D eigenvalue weighted by Gasteiger charge is 2.43. The zero-order valence-electron chi connectivity index (χ0n) is 15.0. The van der Waals surface area contributed by atoms with Crippen molar-refractivity contribution in [2.24, 2.45) is 0 Å². The number of pyridine rings is 1. The summed E-state index contributed by atoms with van der Waals surface area (Å²) in [6.07, 6.45) is 5.95. The van der Waals surface area contributed by atoms with Crippen LogP contribution in [0, 0.1) is 6.92 Å². The van der Waals surface area contributed by atoms with E-state index in [0.29, 0.717) is 12.2 Å². The van der Waals surface area contributed by atoms with Crippen LogP contribution in [0.3, 0.4) is 0 Å². The molecule has 4 rings (SSSR count). The number of nitrogens with one attached hydrogen (secondary N) is 1. The molecule has 7 nitrogen and oxygen atoms in total. The van der Waals surface area contributed by atoms with Crippen LogP contribution in [-0.2, 0) is 11.3 Å². The molecule has 1 amide bonds. The molecule has 2 aromatic rings. The van der Waals surface area contributed by atoms with Crippen LogP contribution in [-0.4, -0.2) is 52.3 Å². The summed E-state index contributed by atoms with van der Waals surface area (Å²) in [4.78, 5) is 18.7. The summed E-state index contributed by atoms with van der Waals surface area (Å²) in [6.45, 7) is 5.19. The quantitative estimate of drug-likeness (QED) is 0.902. The summed E-state index contributed by atoms with van der Waals surface area (Å²) in [7, 11) is 0. The molecule has 2 aliphatic heterocycles. The van der Waals surface area contributed by atoms with E-state index in [-0.39, 0.29) is 17.6 Å². The Bertz CT molecular complexity index is 763. The molecule has 4 heterocycles. The van der Waals surface area contributed by atoms with Gasteiger partial charge in [0.05, 0.1) is 11.3 Å². The van der Waals surface area contributed by atoms with E-state index < -0.39 is 0 Å². The summed E-state index contributed by atoms with van der Waals surface area (Å²) >= 11 is 0. The predicted molar refractivity (Wildman–Crippen MR) is 94.5 cm³/mol. The summed E-state index contributed by atoms with van der Waals surface area (Å²) in [5, 5.41) is 7.24. The molecule has 0 unspecified atom stereocenters. The van der Waals surface area contributed by atoms with Gasteiger partial charge in [0.1, 0.15) is 5.76 Å². The molecule has 2 saturated heterocycles. The van der Waals surface area contributed by atoms with E-state index in [9.17, 15) is 4.79 Å². The maximum absolute atomic E-state index is 12.4. The number of aryl methyl sites for hydroxylation is 1. The zero-order valence-corrected chi connectivity index (χ0v) is 15.0. The fraction of sp³-hybridized carbons (Fsp3) is 0.526. The molecule has 2 fully saturated rings. The lowest BCUT2D eigenvalue weighted by Gasteiger charge is -2.38. The number of carbonyl (C=O) groups excluding carboxylic acids is 1. The van der Waals surface area contributed by atoms with Crippen LogP contribution in [0.2, 0.25) is 0 Å². The van der Waals surface area contributed by atoms with E-state index >= 15 is 0 Å². The van der Waals surface area contributed by atoms with Crippen LogP contribution in [0.4, 0.5) is 0 Å². The Morgan fingerprint density at radius 2 is 2.27 bits per heavy atom. The standard InChI is InChI=1S/C19H24N4O3/c1-14-10-17(22-26-14)12-23-8-5-19(13-23)11-16(4-9-25-19)21-18(24)15-2-6-20-7-3-15/h2-3,6-7,10,16H,4-5,8-9,11-13H2,1H3,(H,21,24)/t16-,19-/m0/s1. The Balaban J connectivity index is 1.35. The Kier molecular flexibility index (Phi) is 4.74. The van der Waals surface area contributed by atoms with Gasteiger partial charge in [0.25, 0.3) is 5.91 Å². The Hall–Kier alpha value is -2.25. The Labute approximate surface area is 152 Å². The lowest BCUT2D eigenvalue weighted by atomic mass is 9.89. The first-order chi connectivity index (χ1) is 12.6. The number of aromatic nitrogens is 2. The lowest BCUT2D eigenvalue weighted by molar-refractivity contribution is -0.0793. The molecule has 1 N–H and O–H groups in total. The fourth-order valence-electron chi connectivity index (χ4n) is 3.99. The summed E-state index contributed by atoms with van der Waals surface area (Å²) in [5.41, 5.74) is 1.43. The molecule has 0 aromatic carbocycles. The van der Waals surface area contributed by atoms with Gasteiger partial charge >= 0.3 is 0 Å². The molecule has 0 bridgehead atoms. The van der Waals surface area contributed by atoms with Crippen molar-refractivity contribution in [2.75, 3.05) is 19.7 Å². The van der Waals surface area contributed by atoms with E-state index in [2.05, 4.69) is 20.4 Å². The third-order valence-corrected chi connectivity index (χ3v) is 5.23. The van der Waals surface area contributed by atoms with Gasteiger partial charge in [-0.05, 0) is 38.3 Å². The molecule has 1 spiro atoms. The third kappa shape index (κ3) is 3.78. The minimum absolute atomic E-state index is 0.0395. The van der Waals surface area contributed by atoms with Crippen molar-refractivity contribution in [1.29, 1.82) is 0 Å². The number of hydrogen-bond acceptors (Lipinski definition) is 6. The van der Waals surface area contributed by atoms with Crippen LogP contribution < -0.4 is 5.32 Å². The number of amides is 1. The monoisotopic (exact) mass is 356 g/mol. The van der Waals surface area contributed by atoms with Crippen molar-refractivity contribution in [2.45, 2.75) is 44.4 Å². The van der Waals surface area contributed by atoms with E-state index in [1.54, 1.807) is 24.5 Å². The largest absolute Gasteiger partial charge is 0.373 e.